The molecule has 2 N–H and O–H groups in total. The number of carbonyl (C=O) groups is 3. The second-order valence-electron chi connectivity index (χ2n) is 10.6. The van der Waals surface area contributed by atoms with Gasteiger partial charge in [-0.2, -0.15) is 12.6 Å². The molecule has 0 saturated heterocycles. The van der Waals surface area contributed by atoms with E-state index in [9.17, 15) is 14.4 Å². The Balaban J connectivity index is 1.69. The zero-order chi connectivity index (χ0) is 21.1. The number of carbonyl (C=O) groups excluding carboxylic acids is 3. The quantitative estimate of drug-likeness (QED) is 0.683. The van der Waals surface area contributed by atoms with E-state index in [1.54, 1.807) is 6.92 Å². The molecule has 0 heterocycles. The first kappa shape index (κ1) is 21.3. The highest BCUT2D eigenvalue weighted by atomic mass is 32.1. The van der Waals surface area contributed by atoms with Crippen LogP contribution in [0.15, 0.2) is 11.6 Å². The van der Waals surface area contributed by atoms with Crippen molar-refractivity contribution in [1.29, 1.82) is 0 Å². The Morgan fingerprint density at radius 1 is 1.21 bits per heavy atom. The maximum absolute atomic E-state index is 13.1. The average Bonchev–Trinajstić information content (AvgIpc) is 3.00. The SMILES string of the molecule is CC(=O)[C@H]1C(C(=O)C(N)CS)C[C@H]2[C@@H]3CCC4=CC(=O)CC[C@]4(C)[C@H]3CC[C@]12C. The molecule has 0 bridgehead atoms. The first-order valence-corrected chi connectivity index (χ1v) is 11.9. The molecule has 0 aromatic rings. The fraction of sp³-hybridized carbons (Fsp3) is 0.792. The normalized spacial score (nSPS) is 44.9. The van der Waals surface area contributed by atoms with E-state index in [2.05, 4.69) is 26.5 Å². The number of nitrogens with two attached hydrogens (primary N) is 1. The second-order valence-corrected chi connectivity index (χ2v) is 11.0. The van der Waals surface area contributed by atoms with Gasteiger partial charge in [0, 0.05) is 24.0 Å². The number of Topliss-reactive ketones (excluding diaryl/α,β-unsaturated/α-hetero) is 2. The van der Waals surface area contributed by atoms with Gasteiger partial charge in [0.05, 0.1) is 6.04 Å². The molecule has 0 aromatic carbocycles. The molecular formula is C24H35NO3S. The van der Waals surface area contributed by atoms with Crippen molar-refractivity contribution in [2.45, 2.75) is 71.8 Å². The molecule has 4 rings (SSSR count). The van der Waals surface area contributed by atoms with E-state index >= 15 is 0 Å². The average molecular weight is 418 g/mol. The lowest BCUT2D eigenvalue weighted by molar-refractivity contribution is -0.135. The lowest BCUT2D eigenvalue weighted by Gasteiger charge is -2.58. The number of fused-ring (bicyclic) bond motifs is 5. The summed E-state index contributed by atoms with van der Waals surface area (Å²) in [7, 11) is 0. The predicted octanol–water partition coefficient (Wildman–Crippen LogP) is 3.78. The van der Waals surface area contributed by atoms with Crippen LogP contribution in [-0.4, -0.2) is 29.1 Å². The number of hydrogen-bond donors (Lipinski definition) is 2. The molecule has 5 heteroatoms. The Morgan fingerprint density at radius 2 is 1.93 bits per heavy atom. The van der Waals surface area contributed by atoms with Gasteiger partial charge in [0.2, 0.25) is 0 Å². The van der Waals surface area contributed by atoms with Gasteiger partial charge >= 0.3 is 0 Å². The molecule has 2 unspecified atom stereocenters. The number of ketones is 3. The molecule has 0 aromatic heterocycles. The maximum Gasteiger partial charge on any atom is 0.155 e. The first-order valence-electron chi connectivity index (χ1n) is 11.3. The summed E-state index contributed by atoms with van der Waals surface area (Å²) in [4.78, 5) is 37.9. The summed E-state index contributed by atoms with van der Waals surface area (Å²) in [6.07, 6.45) is 8.45. The molecule has 4 aliphatic carbocycles. The third-order valence-electron chi connectivity index (χ3n) is 9.39. The Bertz CT molecular complexity index is 776. The molecule has 4 aliphatic rings. The van der Waals surface area contributed by atoms with Gasteiger partial charge in [0.25, 0.3) is 0 Å². The van der Waals surface area contributed by atoms with Crippen LogP contribution in [0.25, 0.3) is 0 Å². The zero-order valence-electron chi connectivity index (χ0n) is 17.9. The van der Waals surface area contributed by atoms with Crippen molar-refractivity contribution in [2.75, 3.05) is 5.75 Å². The molecule has 0 radical (unpaired) electrons. The van der Waals surface area contributed by atoms with Gasteiger partial charge in [0.15, 0.2) is 11.6 Å². The highest BCUT2D eigenvalue weighted by Gasteiger charge is 2.63. The summed E-state index contributed by atoms with van der Waals surface area (Å²) >= 11 is 4.23. The summed E-state index contributed by atoms with van der Waals surface area (Å²) < 4.78 is 0. The van der Waals surface area contributed by atoms with E-state index in [1.807, 2.05) is 6.08 Å². The minimum atomic E-state index is -0.590. The lowest BCUT2D eigenvalue weighted by Crippen LogP contribution is -2.51. The lowest BCUT2D eigenvalue weighted by atomic mass is 9.46. The van der Waals surface area contributed by atoms with Crippen LogP contribution in [0.1, 0.15) is 65.7 Å². The van der Waals surface area contributed by atoms with Gasteiger partial charge in [-0.1, -0.05) is 19.4 Å². The van der Waals surface area contributed by atoms with Gasteiger partial charge < -0.3 is 5.73 Å². The van der Waals surface area contributed by atoms with E-state index in [0.717, 1.165) is 38.5 Å². The Morgan fingerprint density at radius 3 is 2.59 bits per heavy atom. The van der Waals surface area contributed by atoms with Crippen LogP contribution in [0.2, 0.25) is 0 Å². The molecular weight excluding hydrogens is 382 g/mol. The molecule has 8 atom stereocenters. The van der Waals surface area contributed by atoms with E-state index in [1.165, 1.54) is 5.57 Å². The third-order valence-corrected chi connectivity index (χ3v) is 9.78. The second kappa shape index (κ2) is 7.33. The van der Waals surface area contributed by atoms with Crippen molar-refractivity contribution in [3.8, 4) is 0 Å². The van der Waals surface area contributed by atoms with E-state index < -0.39 is 6.04 Å². The summed E-state index contributed by atoms with van der Waals surface area (Å²) in [5, 5.41) is 0. The number of hydrogen-bond acceptors (Lipinski definition) is 5. The van der Waals surface area contributed by atoms with Crippen LogP contribution in [0.3, 0.4) is 0 Å². The molecule has 0 spiro atoms. The molecule has 3 fully saturated rings. The molecule has 4 nitrogen and oxygen atoms in total. The first-order chi connectivity index (χ1) is 13.6. The van der Waals surface area contributed by atoms with Gasteiger partial charge in [0.1, 0.15) is 5.78 Å². The summed E-state index contributed by atoms with van der Waals surface area (Å²) in [6, 6.07) is -0.590. The van der Waals surface area contributed by atoms with E-state index in [-0.39, 0.29) is 40.0 Å². The highest BCUT2D eigenvalue weighted by Crippen LogP contribution is 2.67. The van der Waals surface area contributed by atoms with Crippen LogP contribution >= 0.6 is 12.6 Å². The Hall–Kier alpha value is -0.940. The minimum absolute atomic E-state index is 0.0262. The van der Waals surface area contributed by atoms with E-state index in [4.69, 9.17) is 5.73 Å². The summed E-state index contributed by atoms with van der Waals surface area (Å²) in [5.74, 6) is 1.75. The van der Waals surface area contributed by atoms with Crippen molar-refractivity contribution < 1.29 is 14.4 Å². The Labute approximate surface area is 179 Å². The third kappa shape index (κ3) is 3.10. The molecule has 29 heavy (non-hydrogen) atoms. The zero-order valence-corrected chi connectivity index (χ0v) is 18.8. The van der Waals surface area contributed by atoms with Crippen LogP contribution < -0.4 is 5.73 Å². The topological polar surface area (TPSA) is 77.2 Å². The number of thiol groups is 1. The Kier molecular flexibility index (Phi) is 5.39. The van der Waals surface area contributed by atoms with Gasteiger partial charge in [-0.25, -0.2) is 0 Å². The minimum Gasteiger partial charge on any atom is -0.321 e. The van der Waals surface area contributed by atoms with Crippen LogP contribution in [0.5, 0.6) is 0 Å². The maximum atomic E-state index is 13.1. The highest BCUT2D eigenvalue weighted by molar-refractivity contribution is 7.80. The molecule has 0 amide bonds. The fourth-order valence-corrected chi connectivity index (χ4v) is 8.18. The van der Waals surface area contributed by atoms with Gasteiger partial charge in [-0.05, 0) is 80.1 Å². The summed E-state index contributed by atoms with van der Waals surface area (Å²) in [5.41, 5.74) is 7.40. The van der Waals surface area contributed by atoms with Crippen LogP contribution in [0.4, 0.5) is 0 Å². The van der Waals surface area contributed by atoms with Gasteiger partial charge in [-0.15, -0.1) is 0 Å². The van der Waals surface area contributed by atoms with E-state index in [0.29, 0.717) is 29.9 Å². The monoisotopic (exact) mass is 417 g/mol. The van der Waals surface area contributed by atoms with Crippen LogP contribution in [0, 0.1) is 40.4 Å². The van der Waals surface area contributed by atoms with Crippen molar-refractivity contribution in [3.05, 3.63) is 11.6 Å². The van der Waals surface area contributed by atoms with Gasteiger partial charge in [-0.3, -0.25) is 14.4 Å². The molecule has 160 valence electrons. The van der Waals surface area contributed by atoms with Crippen molar-refractivity contribution >= 4 is 30.0 Å². The number of rotatable bonds is 4. The largest absolute Gasteiger partial charge is 0.321 e. The smallest absolute Gasteiger partial charge is 0.155 e. The summed E-state index contributed by atoms with van der Waals surface area (Å²) in [6.45, 7) is 6.28. The predicted molar refractivity (Wildman–Crippen MR) is 117 cm³/mol. The fourth-order valence-electron chi connectivity index (χ4n) is 8.00. The van der Waals surface area contributed by atoms with Crippen molar-refractivity contribution in [3.63, 3.8) is 0 Å². The molecule has 0 aliphatic heterocycles. The van der Waals surface area contributed by atoms with Crippen LogP contribution in [-0.2, 0) is 14.4 Å². The van der Waals surface area contributed by atoms with Crippen molar-refractivity contribution in [1.82, 2.24) is 0 Å². The molecule has 3 saturated carbocycles. The van der Waals surface area contributed by atoms with Crippen molar-refractivity contribution in [2.24, 2.45) is 46.2 Å². The number of allylic oxidation sites excluding steroid dienone is 1. The standard InChI is InChI=1S/C24H35NO3S/c1-13(26)21-17(22(28)20(25)12-29)11-19-16-5-4-14-10-15(27)6-8-23(14,2)18(16)7-9-24(19,21)3/h10,16-21,29H,4-9,11-12,25H2,1-3H3/t16-,17?,18+,19+,20?,21+,23+,24+/m1/s1.